The predicted molar refractivity (Wildman–Crippen MR) is 81.2 cm³/mol. The molecule has 0 aliphatic rings. The number of nitrogens with zero attached hydrogens (tertiary/aromatic N) is 3. The van der Waals surface area contributed by atoms with Gasteiger partial charge in [0.1, 0.15) is 5.82 Å². The topological polar surface area (TPSA) is 85.8 Å². The van der Waals surface area contributed by atoms with Crippen LogP contribution in [-0.4, -0.2) is 33.0 Å². The maximum Gasteiger partial charge on any atom is 0.273 e. The van der Waals surface area contributed by atoms with E-state index in [1.54, 1.807) is 12.1 Å². The van der Waals surface area contributed by atoms with E-state index < -0.39 is 5.54 Å². The molecule has 118 valence electrons. The van der Waals surface area contributed by atoms with Crippen molar-refractivity contribution in [2.45, 2.75) is 32.2 Å². The maximum absolute atomic E-state index is 12.9. The standard InChI is InChI=1S/C15H20FN5O/c1-3-15(4-2,10-17)19-14(22)13-9-18-21(20-13)12-7-5-11(16)6-8-12/h5-9H,3-4,10,17H2,1-2H3,(H,19,22). The minimum Gasteiger partial charge on any atom is -0.344 e. The fourth-order valence-corrected chi connectivity index (χ4v) is 2.14. The lowest BCUT2D eigenvalue weighted by Crippen LogP contribution is -2.53. The molecular weight excluding hydrogens is 285 g/mol. The number of hydrogen-bond acceptors (Lipinski definition) is 4. The Kier molecular flexibility index (Phi) is 4.87. The summed E-state index contributed by atoms with van der Waals surface area (Å²) in [5.41, 5.74) is 6.12. The van der Waals surface area contributed by atoms with Crippen molar-refractivity contribution in [2.24, 2.45) is 5.73 Å². The average molecular weight is 305 g/mol. The van der Waals surface area contributed by atoms with E-state index in [9.17, 15) is 9.18 Å². The molecule has 0 bridgehead atoms. The molecule has 0 saturated heterocycles. The zero-order valence-electron chi connectivity index (χ0n) is 12.7. The van der Waals surface area contributed by atoms with Gasteiger partial charge in [-0.05, 0) is 37.1 Å². The Morgan fingerprint density at radius 1 is 1.32 bits per heavy atom. The number of hydrogen-bond donors (Lipinski definition) is 2. The largest absolute Gasteiger partial charge is 0.344 e. The average Bonchev–Trinajstić information content (AvgIpc) is 3.03. The van der Waals surface area contributed by atoms with Gasteiger partial charge in [0.25, 0.3) is 5.91 Å². The van der Waals surface area contributed by atoms with Crippen LogP contribution in [-0.2, 0) is 0 Å². The summed E-state index contributed by atoms with van der Waals surface area (Å²) >= 11 is 0. The van der Waals surface area contributed by atoms with Crippen LogP contribution in [0.25, 0.3) is 5.69 Å². The molecule has 1 aromatic carbocycles. The Hall–Kier alpha value is -2.28. The Bertz CT molecular complexity index is 625. The number of amides is 1. The van der Waals surface area contributed by atoms with Crippen molar-refractivity contribution in [1.29, 1.82) is 0 Å². The van der Waals surface area contributed by atoms with Gasteiger partial charge in [-0.2, -0.15) is 9.90 Å². The molecule has 1 heterocycles. The van der Waals surface area contributed by atoms with Gasteiger partial charge in [-0.1, -0.05) is 13.8 Å². The van der Waals surface area contributed by atoms with Crippen molar-refractivity contribution >= 4 is 5.91 Å². The zero-order chi connectivity index (χ0) is 16.2. The smallest absolute Gasteiger partial charge is 0.273 e. The number of nitrogens with two attached hydrogens (primary N) is 1. The highest BCUT2D eigenvalue weighted by Gasteiger charge is 2.27. The Morgan fingerprint density at radius 3 is 2.50 bits per heavy atom. The SMILES string of the molecule is CCC(CC)(CN)NC(=O)c1cnn(-c2ccc(F)cc2)n1. The van der Waals surface area contributed by atoms with Gasteiger partial charge in [-0.25, -0.2) is 4.39 Å². The fraction of sp³-hybridized carbons (Fsp3) is 0.400. The highest BCUT2D eigenvalue weighted by Crippen LogP contribution is 2.14. The number of aromatic nitrogens is 3. The predicted octanol–water partition coefficient (Wildman–Crippen LogP) is 1.65. The first-order chi connectivity index (χ1) is 10.5. The molecule has 0 spiro atoms. The lowest BCUT2D eigenvalue weighted by Gasteiger charge is -2.30. The van der Waals surface area contributed by atoms with Crippen LogP contribution in [0, 0.1) is 5.82 Å². The minimum atomic E-state index is -0.434. The van der Waals surface area contributed by atoms with Gasteiger partial charge in [-0.3, -0.25) is 4.79 Å². The molecule has 1 aromatic heterocycles. The second kappa shape index (κ2) is 6.65. The van der Waals surface area contributed by atoms with E-state index in [0.717, 1.165) is 12.8 Å². The van der Waals surface area contributed by atoms with Crippen molar-refractivity contribution in [3.05, 3.63) is 42.0 Å². The summed E-state index contributed by atoms with van der Waals surface area (Å²) in [5.74, 6) is -0.657. The maximum atomic E-state index is 12.9. The lowest BCUT2D eigenvalue weighted by atomic mass is 9.93. The number of nitrogens with one attached hydrogen (secondary N) is 1. The van der Waals surface area contributed by atoms with Crippen LogP contribution in [0.3, 0.4) is 0 Å². The first kappa shape index (κ1) is 16.1. The molecule has 22 heavy (non-hydrogen) atoms. The van der Waals surface area contributed by atoms with Gasteiger partial charge >= 0.3 is 0 Å². The van der Waals surface area contributed by atoms with Gasteiger partial charge in [0.05, 0.1) is 17.4 Å². The molecule has 0 fully saturated rings. The zero-order valence-corrected chi connectivity index (χ0v) is 12.7. The number of carbonyl (C=O) groups is 1. The fourth-order valence-electron chi connectivity index (χ4n) is 2.14. The molecule has 7 heteroatoms. The third-order valence-electron chi connectivity index (χ3n) is 3.91. The third-order valence-corrected chi connectivity index (χ3v) is 3.91. The molecule has 2 rings (SSSR count). The van der Waals surface area contributed by atoms with E-state index in [1.165, 1.54) is 23.1 Å². The monoisotopic (exact) mass is 305 g/mol. The van der Waals surface area contributed by atoms with Crippen LogP contribution < -0.4 is 11.1 Å². The number of rotatable bonds is 6. The van der Waals surface area contributed by atoms with Crippen molar-refractivity contribution in [2.75, 3.05) is 6.54 Å². The minimum absolute atomic E-state index is 0.198. The van der Waals surface area contributed by atoms with E-state index in [0.29, 0.717) is 12.2 Å². The van der Waals surface area contributed by atoms with Crippen molar-refractivity contribution in [3.63, 3.8) is 0 Å². The van der Waals surface area contributed by atoms with E-state index in [2.05, 4.69) is 15.5 Å². The summed E-state index contributed by atoms with van der Waals surface area (Å²) in [6.45, 7) is 4.32. The molecule has 3 N–H and O–H groups in total. The Morgan fingerprint density at radius 2 is 1.95 bits per heavy atom. The van der Waals surface area contributed by atoms with Crippen LogP contribution in [0.2, 0.25) is 0 Å². The van der Waals surface area contributed by atoms with Crippen molar-refractivity contribution in [3.8, 4) is 5.69 Å². The van der Waals surface area contributed by atoms with Gasteiger partial charge < -0.3 is 11.1 Å². The molecule has 2 aromatic rings. The molecule has 6 nitrogen and oxygen atoms in total. The molecular formula is C15H20FN5O. The summed E-state index contributed by atoms with van der Waals surface area (Å²) in [5, 5.41) is 11.1. The van der Waals surface area contributed by atoms with Crippen LogP contribution in [0.4, 0.5) is 4.39 Å². The van der Waals surface area contributed by atoms with Gasteiger partial charge in [0.2, 0.25) is 0 Å². The van der Waals surface area contributed by atoms with E-state index >= 15 is 0 Å². The van der Waals surface area contributed by atoms with E-state index in [-0.39, 0.29) is 17.4 Å². The summed E-state index contributed by atoms with van der Waals surface area (Å²) < 4.78 is 12.9. The van der Waals surface area contributed by atoms with Crippen LogP contribution in [0.1, 0.15) is 37.2 Å². The van der Waals surface area contributed by atoms with E-state index in [1.807, 2.05) is 13.8 Å². The molecule has 0 aliphatic heterocycles. The Labute approximate surface area is 128 Å². The first-order valence-electron chi connectivity index (χ1n) is 7.24. The third kappa shape index (κ3) is 3.30. The molecule has 0 unspecified atom stereocenters. The Balaban J connectivity index is 2.17. The highest BCUT2D eigenvalue weighted by atomic mass is 19.1. The second-order valence-electron chi connectivity index (χ2n) is 5.14. The number of halogens is 1. The quantitative estimate of drug-likeness (QED) is 0.850. The molecule has 0 atom stereocenters. The van der Waals surface area contributed by atoms with Crippen molar-refractivity contribution < 1.29 is 9.18 Å². The summed E-state index contributed by atoms with van der Waals surface area (Å²) in [6, 6.07) is 5.71. The molecule has 0 saturated carbocycles. The normalized spacial score (nSPS) is 11.5. The van der Waals surface area contributed by atoms with Gasteiger partial charge in [-0.15, -0.1) is 5.10 Å². The van der Waals surface area contributed by atoms with Crippen LogP contribution >= 0.6 is 0 Å². The number of benzene rings is 1. The van der Waals surface area contributed by atoms with Crippen LogP contribution in [0.15, 0.2) is 30.5 Å². The molecule has 0 radical (unpaired) electrons. The summed E-state index contributed by atoms with van der Waals surface area (Å²) in [4.78, 5) is 13.6. The second-order valence-corrected chi connectivity index (χ2v) is 5.14. The lowest BCUT2D eigenvalue weighted by molar-refractivity contribution is 0.0889. The summed E-state index contributed by atoms with van der Waals surface area (Å²) in [6.07, 6.45) is 2.85. The van der Waals surface area contributed by atoms with Gasteiger partial charge in [0, 0.05) is 6.54 Å². The molecule has 1 amide bonds. The van der Waals surface area contributed by atoms with Gasteiger partial charge in [0.15, 0.2) is 5.69 Å². The molecule has 0 aliphatic carbocycles. The van der Waals surface area contributed by atoms with Crippen LogP contribution in [0.5, 0.6) is 0 Å². The van der Waals surface area contributed by atoms with Crippen molar-refractivity contribution in [1.82, 2.24) is 20.3 Å². The summed E-state index contributed by atoms with van der Waals surface area (Å²) in [7, 11) is 0. The first-order valence-corrected chi connectivity index (χ1v) is 7.24. The number of carbonyl (C=O) groups excluding carboxylic acids is 1. The highest BCUT2D eigenvalue weighted by molar-refractivity contribution is 5.92. The van der Waals surface area contributed by atoms with E-state index in [4.69, 9.17) is 5.73 Å².